The van der Waals surface area contributed by atoms with Crippen molar-refractivity contribution < 1.29 is 24.5 Å². The minimum atomic E-state index is -1.03. The predicted octanol–water partition coefficient (Wildman–Crippen LogP) is 2.49. The number of carbonyl (C=O) groups excluding carboxylic acids is 1. The third-order valence-corrected chi connectivity index (χ3v) is 2.76. The van der Waals surface area contributed by atoms with Crippen LogP contribution >= 0.6 is 0 Å². The number of hydrogen-bond acceptors (Lipinski definition) is 5. The van der Waals surface area contributed by atoms with Gasteiger partial charge in [-0.2, -0.15) is 0 Å². The van der Waals surface area contributed by atoms with Gasteiger partial charge in [0.05, 0.1) is 6.61 Å². The fourth-order valence-corrected chi connectivity index (χ4v) is 1.87. The third kappa shape index (κ3) is 9.73. The van der Waals surface area contributed by atoms with E-state index < -0.39 is 18.9 Å². The molecule has 1 rings (SSSR count). The Labute approximate surface area is 115 Å². The van der Waals surface area contributed by atoms with E-state index in [1.807, 2.05) is 0 Å². The molecule has 19 heavy (non-hydrogen) atoms. The fraction of sp³-hybridized carbons (Fsp3) is 0.929. The lowest BCUT2D eigenvalue weighted by Gasteiger charge is -2.26. The number of ether oxygens (including phenoxy) is 2. The Morgan fingerprint density at radius 1 is 1.37 bits per heavy atom. The lowest BCUT2D eigenvalue weighted by molar-refractivity contribution is -0.0241. The maximum atomic E-state index is 11.2. The fourth-order valence-electron chi connectivity index (χ4n) is 1.87. The van der Waals surface area contributed by atoms with E-state index in [4.69, 9.17) is 14.9 Å². The first-order valence-electron chi connectivity index (χ1n) is 7.15. The Hall–Kier alpha value is -0.810. The van der Waals surface area contributed by atoms with E-state index in [1.54, 1.807) is 0 Å². The first-order valence-corrected chi connectivity index (χ1v) is 7.15. The number of carbonyl (C=O) groups is 1. The van der Waals surface area contributed by atoms with Crippen molar-refractivity contribution in [3.63, 3.8) is 0 Å². The van der Waals surface area contributed by atoms with E-state index in [2.05, 4.69) is 25.5 Å². The minimum absolute atomic E-state index is 0.0671. The summed E-state index contributed by atoms with van der Waals surface area (Å²) in [6.45, 7) is 5.74. The summed E-state index contributed by atoms with van der Waals surface area (Å²) in [5.41, 5.74) is 0. The monoisotopic (exact) mass is 276 g/mol. The van der Waals surface area contributed by atoms with Gasteiger partial charge in [-0.05, 0) is 25.2 Å². The molecule has 0 heterocycles. The van der Waals surface area contributed by atoms with Gasteiger partial charge in [-0.25, -0.2) is 4.79 Å². The van der Waals surface area contributed by atoms with Crippen LogP contribution in [0, 0.1) is 5.92 Å². The van der Waals surface area contributed by atoms with Crippen LogP contribution in [0.15, 0.2) is 0 Å². The van der Waals surface area contributed by atoms with Crippen LogP contribution in [-0.2, 0) is 9.47 Å². The van der Waals surface area contributed by atoms with E-state index in [-0.39, 0.29) is 12.7 Å². The molecule has 0 saturated heterocycles. The molecule has 0 aromatic heterocycles. The van der Waals surface area contributed by atoms with Crippen LogP contribution in [-0.4, -0.2) is 41.8 Å². The Morgan fingerprint density at radius 3 is 2.53 bits per heavy atom. The van der Waals surface area contributed by atoms with Crippen LogP contribution < -0.4 is 0 Å². The van der Waals surface area contributed by atoms with Gasteiger partial charge in [0.25, 0.3) is 0 Å². The number of hydrogen-bond donors (Lipinski definition) is 2. The quantitative estimate of drug-likeness (QED) is 0.771. The molecule has 1 aliphatic carbocycles. The summed E-state index contributed by atoms with van der Waals surface area (Å²) in [5.74, 6) is 0.578. The zero-order valence-corrected chi connectivity index (χ0v) is 12.3. The second kappa shape index (κ2) is 11.1. The second-order valence-electron chi connectivity index (χ2n) is 5.12. The summed E-state index contributed by atoms with van der Waals surface area (Å²) in [6, 6.07) is 0. The molecular weight excluding hydrogens is 248 g/mol. The molecule has 5 heteroatoms. The van der Waals surface area contributed by atoms with E-state index in [0.29, 0.717) is 5.92 Å². The van der Waals surface area contributed by atoms with Crippen molar-refractivity contribution in [1.82, 2.24) is 0 Å². The van der Waals surface area contributed by atoms with Gasteiger partial charge >= 0.3 is 6.16 Å². The highest BCUT2D eigenvalue weighted by molar-refractivity contribution is 5.60. The molecule has 0 aromatic rings. The van der Waals surface area contributed by atoms with Crippen molar-refractivity contribution in [2.45, 2.75) is 65.1 Å². The summed E-state index contributed by atoms with van der Waals surface area (Å²) < 4.78 is 9.76. The van der Waals surface area contributed by atoms with Crippen molar-refractivity contribution >= 4 is 6.16 Å². The third-order valence-electron chi connectivity index (χ3n) is 2.76. The van der Waals surface area contributed by atoms with E-state index in [9.17, 15) is 4.79 Å². The summed E-state index contributed by atoms with van der Waals surface area (Å²) in [4.78, 5) is 11.2. The average Bonchev–Trinajstić information content (AvgIpc) is 2.37. The van der Waals surface area contributed by atoms with E-state index in [0.717, 1.165) is 19.3 Å². The van der Waals surface area contributed by atoms with Crippen LogP contribution in [0.25, 0.3) is 0 Å². The van der Waals surface area contributed by atoms with Crippen LogP contribution in [0.1, 0.15) is 52.9 Å². The van der Waals surface area contributed by atoms with Crippen LogP contribution in [0.2, 0.25) is 0 Å². The van der Waals surface area contributed by atoms with Crippen LogP contribution in [0.5, 0.6) is 0 Å². The molecule has 5 nitrogen and oxygen atoms in total. The maximum absolute atomic E-state index is 11.2. The van der Waals surface area contributed by atoms with Gasteiger partial charge in [-0.1, -0.05) is 33.6 Å². The normalized spacial score (nSPS) is 23.8. The standard InChI is InChI=1S/C11H20O5.C3H8/c1-8-3-2-4-10(5-8)16-11(14)15-7-9(13)6-12;1-3-2/h8-10,12-13H,2-7H2,1H3;3H2,1-2H3/t8-,9?,10+;/m1./s1. The van der Waals surface area contributed by atoms with E-state index in [1.165, 1.54) is 12.8 Å². The van der Waals surface area contributed by atoms with Gasteiger partial charge in [-0.3, -0.25) is 0 Å². The Morgan fingerprint density at radius 2 is 2.00 bits per heavy atom. The van der Waals surface area contributed by atoms with E-state index >= 15 is 0 Å². The van der Waals surface area contributed by atoms with Gasteiger partial charge in [0.2, 0.25) is 0 Å². The molecule has 1 unspecified atom stereocenters. The Balaban J connectivity index is 0.000000982. The lowest BCUT2D eigenvalue weighted by atomic mass is 9.89. The zero-order chi connectivity index (χ0) is 14.7. The number of aliphatic hydroxyl groups is 2. The molecule has 2 N–H and O–H groups in total. The van der Waals surface area contributed by atoms with Gasteiger partial charge in [0.15, 0.2) is 0 Å². The highest BCUT2D eigenvalue weighted by Gasteiger charge is 2.23. The van der Waals surface area contributed by atoms with Crippen molar-refractivity contribution in [1.29, 1.82) is 0 Å². The molecule has 0 spiro atoms. The topological polar surface area (TPSA) is 76.0 Å². The molecular formula is C14H28O5. The molecule has 1 fully saturated rings. The summed E-state index contributed by atoms with van der Waals surface area (Å²) in [5, 5.41) is 17.5. The minimum Gasteiger partial charge on any atom is -0.431 e. The van der Waals surface area contributed by atoms with Crippen LogP contribution in [0.4, 0.5) is 4.79 Å². The Bertz CT molecular complexity index is 232. The largest absolute Gasteiger partial charge is 0.508 e. The molecule has 0 amide bonds. The van der Waals surface area contributed by atoms with Gasteiger partial charge < -0.3 is 19.7 Å². The molecule has 0 aliphatic heterocycles. The highest BCUT2D eigenvalue weighted by atomic mass is 16.7. The zero-order valence-electron chi connectivity index (χ0n) is 12.3. The van der Waals surface area contributed by atoms with Crippen LogP contribution in [0.3, 0.4) is 0 Å². The van der Waals surface area contributed by atoms with Gasteiger partial charge in [0, 0.05) is 0 Å². The summed E-state index contributed by atoms with van der Waals surface area (Å²) in [6.07, 6.45) is 3.39. The lowest BCUT2D eigenvalue weighted by Crippen LogP contribution is -2.27. The van der Waals surface area contributed by atoms with Gasteiger partial charge in [0.1, 0.15) is 18.8 Å². The second-order valence-corrected chi connectivity index (χ2v) is 5.12. The van der Waals surface area contributed by atoms with Crippen molar-refractivity contribution in [3.05, 3.63) is 0 Å². The summed E-state index contributed by atoms with van der Waals surface area (Å²) >= 11 is 0. The van der Waals surface area contributed by atoms with Crippen molar-refractivity contribution in [2.24, 2.45) is 5.92 Å². The maximum Gasteiger partial charge on any atom is 0.508 e. The smallest absolute Gasteiger partial charge is 0.431 e. The predicted molar refractivity (Wildman–Crippen MR) is 72.9 cm³/mol. The number of aliphatic hydroxyl groups excluding tert-OH is 2. The molecule has 1 saturated carbocycles. The molecule has 0 aromatic carbocycles. The Kier molecular flexibility index (Phi) is 10.6. The molecule has 0 radical (unpaired) electrons. The van der Waals surface area contributed by atoms with Gasteiger partial charge in [-0.15, -0.1) is 0 Å². The molecule has 114 valence electrons. The number of rotatable bonds is 4. The van der Waals surface area contributed by atoms with Crippen molar-refractivity contribution in [3.8, 4) is 0 Å². The molecule has 1 aliphatic rings. The SMILES string of the molecule is CCC.C[C@@H]1CCC[C@H](OC(=O)OCC(O)CO)C1. The first-order chi connectivity index (χ1) is 9.03. The highest BCUT2D eigenvalue weighted by Crippen LogP contribution is 2.25. The average molecular weight is 276 g/mol. The molecule has 0 bridgehead atoms. The van der Waals surface area contributed by atoms with Crippen molar-refractivity contribution in [2.75, 3.05) is 13.2 Å². The summed E-state index contributed by atoms with van der Waals surface area (Å²) in [7, 11) is 0. The molecule has 3 atom stereocenters. The first kappa shape index (κ1) is 18.2.